The molecule has 1 heterocycles. The van der Waals surface area contributed by atoms with Gasteiger partial charge < -0.3 is 4.74 Å². The summed E-state index contributed by atoms with van der Waals surface area (Å²) in [4.78, 5) is 9.16. The van der Waals surface area contributed by atoms with Crippen LogP contribution in [0.15, 0.2) is 17.1 Å². The van der Waals surface area contributed by atoms with Crippen LogP contribution in [-0.4, -0.2) is 62.2 Å². The predicted octanol–water partition coefficient (Wildman–Crippen LogP) is 1.20. The lowest BCUT2D eigenvalue weighted by molar-refractivity contribution is -0.0161. The molecular formula is C12H23N3O. The van der Waals surface area contributed by atoms with Crippen LogP contribution in [0.1, 0.15) is 13.8 Å². The number of nitrogens with zero attached hydrogens (tertiary/aromatic N) is 3. The molecule has 0 amide bonds. The molecule has 0 aromatic heterocycles. The first-order valence-electron chi connectivity index (χ1n) is 5.71. The van der Waals surface area contributed by atoms with Crippen molar-refractivity contribution in [3.05, 3.63) is 12.2 Å². The van der Waals surface area contributed by atoms with Crippen molar-refractivity contribution < 1.29 is 4.74 Å². The molecule has 1 rings (SSSR count). The van der Waals surface area contributed by atoms with Gasteiger partial charge in [0.2, 0.25) is 0 Å². The fraction of sp³-hybridized carbons (Fsp3) is 0.750. The van der Waals surface area contributed by atoms with Gasteiger partial charge in [-0.05, 0) is 33.5 Å². The van der Waals surface area contributed by atoms with E-state index in [1.807, 2.05) is 13.8 Å². The number of aliphatic imine (C=N–C) groups is 1. The van der Waals surface area contributed by atoms with E-state index in [0.29, 0.717) is 0 Å². The Kier molecular flexibility index (Phi) is 5.12. The monoisotopic (exact) mass is 225 g/mol. The third kappa shape index (κ3) is 3.70. The molecule has 0 aromatic carbocycles. The smallest absolute Gasteiger partial charge is 0.158 e. The Morgan fingerprint density at radius 3 is 2.31 bits per heavy atom. The van der Waals surface area contributed by atoms with E-state index in [2.05, 4.69) is 30.5 Å². The quantitative estimate of drug-likeness (QED) is 0.673. The Balaban J connectivity index is 2.73. The van der Waals surface area contributed by atoms with Gasteiger partial charge in [0.1, 0.15) is 0 Å². The van der Waals surface area contributed by atoms with Gasteiger partial charge in [-0.15, -0.1) is 0 Å². The third-order valence-electron chi connectivity index (χ3n) is 2.76. The first kappa shape index (κ1) is 13.4. The van der Waals surface area contributed by atoms with Gasteiger partial charge >= 0.3 is 0 Å². The summed E-state index contributed by atoms with van der Waals surface area (Å²) in [5.74, 6) is 0. The van der Waals surface area contributed by atoms with Gasteiger partial charge in [-0.1, -0.05) is 6.58 Å². The van der Waals surface area contributed by atoms with Crippen LogP contribution < -0.4 is 0 Å². The second kappa shape index (κ2) is 6.13. The molecule has 16 heavy (non-hydrogen) atoms. The molecule has 0 saturated carbocycles. The van der Waals surface area contributed by atoms with E-state index in [4.69, 9.17) is 9.73 Å². The van der Waals surface area contributed by atoms with Gasteiger partial charge in [0.05, 0.1) is 13.2 Å². The van der Waals surface area contributed by atoms with Crippen LogP contribution in [0.5, 0.6) is 0 Å². The van der Waals surface area contributed by atoms with E-state index in [1.54, 1.807) is 0 Å². The summed E-state index contributed by atoms with van der Waals surface area (Å²) in [6.07, 6.45) is 0.0978. The van der Waals surface area contributed by atoms with E-state index in [9.17, 15) is 0 Å². The first-order chi connectivity index (χ1) is 7.52. The molecule has 0 aliphatic carbocycles. The normalized spacial score (nSPS) is 21.2. The Hall–Kier alpha value is -0.710. The Morgan fingerprint density at radius 1 is 1.31 bits per heavy atom. The molecule has 1 fully saturated rings. The number of hydrogen-bond donors (Lipinski definition) is 0. The minimum atomic E-state index is 0.0978. The zero-order valence-corrected chi connectivity index (χ0v) is 10.9. The van der Waals surface area contributed by atoms with E-state index >= 15 is 0 Å². The number of morpholine rings is 1. The minimum Gasteiger partial charge on any atom is -0.379 e. The molecule has 1 unspecified atom stereocenters. The highest BCUT2D eigenvalue weighted by atomic mass is 16.5. The SMILES string of the molecule is C=C(C)C(C)=NC(N(C)C)N1CCOCC1. The van der Waals surface area contributed by atoms with E-state index < -0.39 is 0 Å². The van der Waals surface area contributed by atoms with Crippen molar-refractivity contribution in [3.63, 3.8) is 0 Å². The van der Waals surface area contributed by atoms with Crippen molar-refractivity contribution in [2.24, 2.45) is 4.99 Å². The van der Waals surface area contributed by atoms with Gasteiger partial charge in [0, 0.05) is 18.8 Å². The Labute approximate surface area is 98.6 Å². The van der Waals surface area contributed by atoms with E-state index in [0.717, 1.165) is 37.6 Å². The summed E-state index contributed by atoms with van der Waals surface area (Å²) >= 11 is 0. The molecule has 0 bridgehead atoms. The molecule has 4 nitrogen and oxygen atoms in total. The zero-order chi connectivity index (χ0) is 12.1. The Morgan fingerprint density at radius 2 is 1.88 bits per heavy atom. The molecule has 1 aliphatic heterocycles. The molecule has 0 spiro atoms. The van der Waals surface area contributed by atoms with Crippen LogP contribution in [0.25, 0.3) is 0 Å². The molecule has 0 N–H and O–H groups in total. The fourth-order valence-corrected chi connectivity index (χ4v) is 1.62. The van der Waals surface area contributed by atoms with E-state index in [1.165, 1.54) is 0 Å². The lowest BCUT2D eigenvalue weighted by Gasteiger charge is -2.35. The van der Waals surface area contributed by atoms with Gasteiger partial charge in [-0.3, -0.25) is 14.8 Å². The topological polar surface area (TPSA) is 28.1 Å². The van der Waals surface area contributed by atoms with E-state index in [-0.39, 0.29) is 6.29 Å². The van der Waals surface area contributed by atoms with Crippen molar-refractivity contribution in [2.45, 2.75) is 20.1 Å². The second-order valence-electron chi connectivity index (χ2n) is 4.45. The predicted molar refractivity (Wildman–Crippen MR) is 67.8 cm³/mol. The van der Waals surface area contributed by atoms with Crippen LogP contribution in [0.4, 0.5) is 0 Å². The maximum Gasteiger partial charge on any atom is 0.158 e. The van der Waals surface area contributed by atoms with Crippen molar-refractivity contribution in [1.29, 1.82) is 0 Å². The average molecular weight is 225 g/mol. The van der Waals surface area contributed by atoms with Gasteiger partial charge in [0.15, 0.2) is 6.29 Å². The van der Waals surface area contributed by atoms with Gasteiger partial charge in [-0.2, -0.15) is 0 Å². The van der Waals surface area contributed by atoms with Gasteiger partial charge in [0.25, 0.3) is 0 Å². The molecule has 92 valence electrons. The Bertz CT molecular complexity index is 267. The molecule has 1 aliphatic rings. The van der Waals surface area contributed by atoms with Crippen LogP contribution in [0.2, 0.25) is 0 Å². The van der Waals surface area contributed by atoms with Crippen LogP contribution >= 0.6 is 0 Å². The summed E-state index contributed by atoms with van der Waals surface area (Å²) in [5.41, 5.74) is 2.05. The lowest BCUT2D eigenvalue weighted by Crippen LogP contribution is -2.49. The molecular weight excluding hydrogens is 202 g/mol. The highest BCUT2D eigenvalue weighted by molar-refractivity contribution is 5.97. The molecule has 1 atom stereocenters. The maximum absolute atomic E-state index is 5.36. The lowest BCUT2D eigenvalue weighted by atomic mass is 10.2. The maximum atomic E-state index is 5.36. The van der Waals surface area contributed by atoms with Crippen molar-refractivity contribution in [3.8, 4) is 0 Å². The number of rotatable bonds is 4. The molecule has 0 radical (unpaired) electrons. The summed E-state index contributed by atoms with van der Waals surface area (Å²) in [5, 5.41) is 0. The second-order valence-corrected chi connectivity index (χ2v) is 4.45. The summed E-state index contributed by atoms with van der Waals surface area (Å²) in [6.45, 7) is 11.4. The standard InChI is InChI=1S/C12H23N3O/c1-10(2)11(3)13-12(14(4)5)15-6-8-16-9-7-15/h12H,1,6-9H2,2-5H3. The van der Waals surface area contributed by atoms with Crippen molar-refractivity contribution in [2.75, 3.05) is 40.4 Å². The number of allylic oxidation sites excluding steroid dienone is 1. The number of ether oxygens (including phenoxy) is 1. The number of hydrogen-bond acceptors (Lipinski definition) is 4. The van der Waals surface area contributed by atoms with Gasteiger partial charge in [-0.25, -0.2) is 0 Å². The first-order valence-corrected chi connectivity index (χ1v) is 5.71. The molecule has 1 saturated heterocycles. The summed E-state index contributed by atoms with van der Waals surface area (Å²) in [6, 6.07) is 0. The largest absolute Gasteiger partial charge is 0.379 e. The summed E-state index contributed by atoms with van der Waals surface area (Å²) < 4.78 is 5.36. The minimum absolute atomic E-state index is 0.0978. The van der Waals surface area contributed by atoms with Crippen LogP contribution in [0.3, 0.4) is 0 Å². The van der Waals surface area contributed by atoms with Crippen molar-refractivity contribution >= 4 is 5.71 Å². The molecule has 4 heteroatoms. The summed E-state index contributed by atoms with van der Waals surface area (Å²) in [7, 11) is 4.10. The highest BCUT2D eigenvalue weighted by Gasteiger charge is 2.21. The van der Waals surface area contributed by atoms with Crippen LogP contribution in [0, 0.1) is 0 Å². The third-order valence-corrected chi connectivity index (χ3v) is 2.76. The fourth-order valence-electron chi connectivity index (χ4n) is 1.62. The van der Waals surface area contributed by atoms with Crippen molar-refractivity contribution in [1.82, 2.24) is 9.80 Å². The highest BCUT2D eigenvalue weighted by Crippen LogP contribution is 2.09. The molecule has 0 aromatic rings. The zero-order valence-electron chi connectivity index (χ0n) is 10.9. The average Bonchev–Trinajstić information content (AvgIpc) is 2.26. The van der Waals surface area contributed by atoms with Crippen LogP contribution in [-0.2, 0) is 4.74 Å².